The van der Waals surface area contributed by atoms with Crippen LogP contribution in [0.15, 0.2) is 47.4 Å². The first-order valence-electron chi connectivity index (χ1n) is 10.1. The third kappa shape index (κ3) is 7.55. The van der Waals surface area contributed by atoms with Gasteiger partial charge in [-0.3, -0.25) is 4.52 Å². The number of nitrogens with zero attached hydrogens (tertiary/aromatic N) is 3. The van der Waals surface area contributed by atoms with Crippen LogP contribution in [0, 0.1) is 4.91 Å². The Kier molecular flexibility index (Phi) is 8.70. The molecule has 3 aromatic rings. The molecule has 0 amide bonds. The van der Waals surface area contributed by atoms with Crippen LogP contribution in [0.1, 0.15) is 27.7 Å². The zero-order valence-corrected chi connectivity index (χ0v) is 20.1. The summed E-state index contributed by atoms with van der Waals surface area (Å²) in [6, 6.07) is 6.56. The number of benzene rings is 2. The van der Waals surface area contributed by atoms with Gasteiger partial charge in [0.25, 0.3) is 0 Å². The normalized spacial score (nSPS) is 14.7. The molecular formula is C20H17F6N4O5PS. The van der Waals surface area contributed by atoms with Gasteiger partial charge in [0.2, 0.25) is 0 Å². The van der Waals surface area contributed by atoms with Crippen molar-refractivity contribution in [3.8, 4) is 16.3 Å². The summed E-state index contributed by atoms with van der Waals surface area (Å²) in [4.78, 5) is 21.1. The van der Waals surface area contributed by atoms with Crippen LogP contribution in [-0.2, 0) is 27.9 Å². The predicted octanol–water partition coefficient (Wildman–Crippen LogP) is 5.75. The van der Waals surface area contributed by atoms with Gasteiger partial charge in [-0.2, -0.15) is 26.3 Å². The van der Waals surface area contributed by atoms with Crippen molar-refractivity contribution in [2.75, 3.05) is 13.2 Å². The fraction of sp³-hybridized carbons (Fsp3) is 0.300. The van der Waals surface area contributed by atoms with Crippen molar-refractivity contribution in [3.63, 3.8) is 0 Å². The fourth-order valence-corrected chi connectivity index (χ4v) is 4.30. The van der Waals surface area contributed by atoms with Crippen molar-refractivity contribution in [2.24, 2.45) is 10.7 Å². The largest absolute Gasteiger partial charge is 0.493 e. The number of alkyl halides is 6. The molecule has 0 aliphatic carbocycles. The number of halogens is 6. The van der Waals surface area contributed by atoms with Gasteiger partial charge in [0.15, 0.2) is 0 Å². The number of nitrogens with two attached hydrogens (primary N) is 1. The maximum Gasteiger partial charge on any atom is 0.487 e. The quantitative estimate of drug-likeness (QED) is 0.179. The van der Waals surface area contributed by atoms with E-state index in [0.29, 0.717) is 0 Å². The summed E-state index contributed by atoms with van der Waals surface area (Å²) in [6.45, 7) is -1.08. The standard InChI is InChI=1S/C20H17F6N4O5PS/c21-19(22,23)13-4-2-1-3-11(13)7-8-34-16-6-5-12(9-14(16)20(24,25)26)17-28-29-18(37-17)15(27)10-35-36(32,33)30-31/h1-6,9,15H,7-8,10,27H2,(H,32,33). The molecule has 200 valence electrons. The smallest absolute Gasteiger partial charge is 0.487 e. The van der Waals surface area contributed by atoms with Crippen molar-refractivity contribution < 1.29 is 45.1 Å². The van der Waals surface area contributed by atoms with E-state index < -0.39 is 56.2 Å². The molecule has 17 heteroatoms. The predicted molar refractivity (Wildman–Crippen MR) is 119 cm³/mol. The van der Waals surface area contributed by atoms with Gasteiger partial charge in [0, 0.05) is 16.9 Å². The second-order valence-electron chi connectivity index (χ2n) is 7.38. The zero-order valence-electron chi connectivity index (χ0n) is 18.4. The van der Waals surface area contributed by atoms with E-state index in [-0.39, 0.29) is 27.6 Å². The lowest BCUT2D eigenvalue weighted by Crippen LogP contribution is -2.16. The molecule has 0 saturated heterocycles. The summed E-state index contributed by atoms with van der Waals surface area (Å²) in [5.74, 6) is -0.587. The Bertz CT molecular complexity index is 1300. The number of hydrogen-bond acceptors (Lipinski definition) is 8. The molecule has 37 heavy (non-hydrogen) atoms. The first kappa shape index (κ1) is 28.7. The van der Waals surface area contributed by atoms with E-state index in [1.807, 2.05) is 4.95 Å². The molecule has 3 N–H and O–H groups in total. The molecule has 0 radical (unpaired) electrons. The van der Waals surface area contributed by atoms with E-state index in [1.54, 1.807) is 0 Å². The van der Waals surface area contributed by atoms with E-state index in [0.717, 1.165) is 29.5 Å². The average Bonchev–Trinajstić information content (AvgIpc) is 3.32. The van der Waals surface area contributed by atoms with Crippen LogP contribution in [0.4, 0.5) is 26.3 Å². The van der Waals surface area contributed by atoms with Crippen molar-refractivity contribution in [2.45, 2.75) is 24.8 Å². The molecule has 0 bridgehead atoms. The minimum absolute atomic E-state index is 0.0126. The highest BCUT2D eigenvalue weighted by atomic mass is 32.1. The Balaban J connectivity index is 1.77. The van der Waals surface area contributed by atoms with Crippen molar-refractivity contribution in [1.82, 2.24) is 10.2 Å². The van der Waals surface area contributed by atoms with Crippen LogP contribution in [0.25, 0.3) is 10.6 Å². The number of ether oxygens (including phenoxy) is 1. The molecule has 2 unspecified atom stereocenters. The molecule has 2 aromatic carbocycles. The maximum atomic E-state index is 13.7. The average molecular weight is 570 g/mol. The Labute approximate surface area is 208 Å². The van der Waals surface area contributed by atoms with Crippen molar-refractivity contribution in [3.05, 3.63) is 69.1 Å². The molecule has 0 spiro atoms. The number of nitroso groups, excluding NO2 is 1. The minimum atomic E-state index is -4.86. The molecule has 0 aliphatic rings. The van der Waals surface area contributed by atoms with Gasteiger partial charge < -0.3 is 15.4 Å². The van der Waals surface area contributed by atoms with Crippen LogP contribution in [0.3, 0.4) is 0 Å². The zero-order chi connectivity index (χ0) is 27.4. The van der Waals surface area contributed by atoms with Gasteiger partial charge in [-0.15, -0.1) is 15.1 Å². The summed E-state index contributed by atoms with van der Waals surface area (Å²) in [6.07, 6.45) is -9.76. The van der Waals surface area contributed by atoms with Gasteiger partial charge in [-0.1, -0.05) is 29.5 Å². The highest BCUT2D eigenvalue weighted by molar-refractivity contribution is 7.51. The lowest BCUT2D eigenvalue weighted by Gasteiger charge is -2.16. The second-order valence-corrected chi connectivity index (χ2v) is 9.79. The van der Waals surface area contributed by atoms with Gasteiger partial charge in [-0.25, -0.2) is 4.57 Å². The molecule has 3 rings (SSSR count). The minimum Gasteiger partial charge on any atom is -0.493 e. The SMILES string of the molecule is NC(COP(=O)(O)N=O)c1nnc(-c2ccc(OCCc3ccccc3C(F)(F)F)c(C(F)(F)F)c2)s1. The van der Waals surface area contributed by atoms with Gasteiger partial charge in [-0.05, 0) is 29.8 Å². The molecule has 1 aromatic heterocycles. The van der Waals surface area contributed by atoms with Crippen LogP contribution in [0.2, 0.25) is 0 Å². The summed E-state index contributed by atoms with van der Waals surface area (Å²) >= 11 is 0.774. The highest BCUT2D eigenvalue weighted by Gasteiger charge is 2.36. The number of hydrogen-bond donors (Lipinski definition) is 2. The fourth-order valence-electron chi connectivity index (χ4n) is 3.07. The molecule has 0 saturated carbocycles. The summed E-state index contributed by atoms with van der Waals surface area (Å²) in [7, 11) is -4.72. The lowest BCUT2D eigenvalue weighted by molar-refractivity contribution is -0.139. The van der Waals surface area contributed by atoms with Crippen LogP contribution < -0.4 is 10.5 Å². The lowest BCUT2D eigenvalue weighted by atomic mass is 10.0. The Morgan fingerprint density at radius 3 is 2.38 bits per heavy atom. The van der Waals surface area contributed by atoms with Crippen LogP contribution in [-0.4, -0.2) is 28.3 Å². The van der Waals surface area contributed by atoms with Gasteiger partial charge in [0.1, 0.15) is 15.8 Å². The molecule has 1 heterocycles. The van der Waals surface area contributed by atoms with Gasteiger partial charge >= 0.3 is 20.1 Å². The molecule has 0 aliphatic heterocycles. The van der Waals surface area contributed by atoms with Gasteiger partial charge in [0.05, 0.1) is 30.4 Å². The van der Waals surface area contributed by atoms with Crippen LogP contribution >= 0.6 is 19.1 Å². The molecule has 2 atom stereocenters. The summed E-state index contributed by atoms with van der Waals surface area (Å²) < 4.78 is 101. The monoisotopic (exact) mass is 570 g/mol. The third-order valence-corrected chi connectivity index (χ3v) is 6.56. The van der Waals surface area contributed by atoms with E-state index in [2.05, 4.69) is 14.7 Å². The molecule has 9 nitrogen and oxygen atoms in total. The van der Waals surface area contributed by atoms with Crippen LogP contribution in [0.5, 0.6) is 5.75 Å². The first-order valence-corrected chi connectivity index (χ1v) is 12.5. The Hall–Kier alpha value is -2.91. The van der Waals surface area contributed by atoms with E-state index in [4.69, 9.17) is 15.4 Å². The number of rotatable bonds is 10. The first-order chi connectivity index (χ1) is 17.2. The third-order valence-electron chi connectivity index (χ3n) is 4.77. The Morgan fingerprint density at radius 1 is 1.05 bits per heavy atom. The maximum absolute atomic E-state index is 13.7. The highest BCUT2D eigenvalue weighted by Crippen LogP contribution is 2.44. The van der Waals surface area contributed by atoms with E-state index in [1.165, 1.54) is 24.3 Å². The second kappa shape index (κ2) is 11.2. The summed E-state index contributed by atoms with van der Waals surface area (Å²) in [5, 5.41) is 7.54. The molecule has 0 fully saturated rings. The molecular weight excluding hydrogens is 553 g/mol. The van der Waals surface area contributed by atoms with Crippen molar-refractivity contribution in [1.29, 1.82) is 0 Å². The summed E-state index contributed by atoms with van der Waals surface area (Å²) in [5.41, 5.74) is 3.53. The number of aromatic nitrogens is 2. The topological polar surface area (TPSA) is 137 Å². The Morgan fingerprint density at radius 2 is 1.73 bits per heavy atom. The van der Waals surface area contributed by atoms with E-state index in [9.17, 15) is 35.8 Å². The van der Waals surface area contributed by atoms with E-state index >= 15 is 0 Å². The van der Waals surface area contributed by atoms with Crippen molar-refractivity contribution >= 4 is 19.1 Å².